The second-order valence-electron chi connectivity index (χ2n) is 2.50. The highest BCUT2D eigenvalue weighted by atomic mass is 32.2. The molecule has 0 aromatic heterocycles. The lowest BCUT2D eigenvalue weighted by Crippen LogP contribution is -2.32. The molecular weight excluding hydrogens is 164 g/mol. The summed E-state index contributed by atoms with van der Waals surface area (Å²) in [5.41, 5.74) is 0. The molecule has 0 aromatic rings. The van der Waals surface area contributed by atoms with Gasteiger partial charge in [0.05, 0.1) is 5.75 Å². The Kier molecular flexibility index (Phi) is 5.45. The Morgan fingerprint density at radius 2 is 1.91 bits per heavy atom. The van der Waals surface area contributed by atoms with Crippen molar-refractivity contribution in [1.29, 1.82) is 0 Å². The van der Waals surface area contributed by atoms with Gasteiger partial charge in [0, 0.05) is 0 Å². The number of unbranched alkanes of at least 4 members (excludes halogenated alkanes) is 3. The molecule has 0 rings (SSSR count). The Bertz CT molecular complexity index is 177. The molecular formula is C6H16N2O2S. The fraction of sp³-hybridized carbons (Fsp3) is 1.00. The Balaban J connectivity index is 3.39. The summed E-state index contributed by atoms with van der Waals surface area (Å²) in [7, 11) is -3.17. The van der Waals surface area contributed by atoms with Crippen LogP contribution >= 0.6 is 0 Å². The minimum absolute atomic E-state index is 0.142. The number of nitrogens with one attached hydrogen (secondary N) is 1. The second kappa shape index (κ2) is 5.51. The van der Waals surface area contributed by atoms with Crippen LogP contribution in [0.4, 0.5) is 0 Å². The average Bonchev–Trinajstić information content (AvgIpc) is 1.99. The van der Waals surface area contributed by atoms with Crippen molar-refractivity contribution in [3.05, 3.63) is 0 Å². The van der Waals surface area contributed by atoms with E-state index in [4.69, 9.17) is 5.84 Å². The fourth-order valence-electron chi connectivity index (χ4n) is 0.778. The lowest BCUT2D eigenvalue weighted by atomic mass is 10.2. The largest absolute Gasteiger partial charge is 0.258 e. The van der Waals surface area contributed by atoms with Crippen molar-refractivity contribution in [3.63, 3.8) is 0 Å². The number of nitrogens with two attached hydrogens (primary N) is 1. The third-order valence-corrected chi connectivity index (χ3v) is 2.63. The minimum Gasteiger partial charge on any atom is -0.258 e. The van der Waals surface area contributed by atoms with E-state index in [0.717, 1.165) is 19.3 Å². The van der Waals surface area contributed by atoms with Gasteiger partial charge in [-0.3, -0.25) is 5.84 Å². The predicted molar refractivity (Wildman–Crippen MR) is 45.3 cm³/mol. The first-order valence-electron chi connectivity index (χ1n) is 3.82. The predicted octanol–water partition coefficient (Wildman–Crippen LogP) is 0.360. The van der Waals surface area contributed by atoms with E-state index in [1.165, 1.54) is 0 Å². The van der Waals surface area contributed by atoms with Crippen LogP contribution < -0.4 is 10.7 Å². The topological polar surface area (TPSA) is 72.2 Å². The summed E-state index contributed by atoms with van der Waals surface area (Å²) in [6.45, 7) is 2.08. The molecule has 0 aliphatic rings. The highest BCUT2D eigenvalue weighted by molar-refractivity contribution is 7.89. The van der Waals surface area contributed by atoms with E-state index >= 15 is 0 Å². The molecule has 0 amide bonds. The minimum atomic E-state index is -3.17. The Morgan fingerprint density at radius 1 is 1.27 bits per heavy atom. The molecule has 0 aliphatic carbocycles. The van der Waals surface area contributed by atoms with Crippen LogP contribution in [0.5, 0.6) is 0 Å². The lowest BCUT2D eigenvalue weighted by Gasteiger charge is -2.00. The third-order valence-electron chi connectivity index (χ3n) is 1.45. The van der Waals surface area contributed by atoms with E-state index in [9.17, 15) is 8.42 Å². The normalized spacial score (nSPS) is 11.8. The van der Waals surface area contributed by atoms with Crippen molar-refractivity contribution in [2.24, 2.45) is 5.84 Å². The number of hydrogen-bond acceptors (Lipinski definition) is 3. The van der Waals surface area contributed by atoms with E-state index in [2.05, 4.69) is 6.92 Å². The maximum absolute atomic E-state index is 10.7. The molecule has 0 saturated carbocycles. The quantitative estimate of drug-likeness (QED) is 0.352. The molecule has 0 bridgehead atoms. The molecule has 11 heavy (non-hydrogen) atoms. The molecule has 0 saturated heterocycles. The number of rotatable bonds is 6. The molecule has 0 fully saturated rings. The standard InChI is InChI=1S/C6H16N2O2S/c1-2-3-4-5-6-11(9,10)8-7/h8H,2-7H2,1H3. The maximum atomic E-state index is 10.7. The van der Waals surface area contributed by atoms with E-state index in [1.54, 1.807) is 4.83 Å². The zero-order chi connectivity index (χ0) is 8.74. The van der Waals surface area contributed by atoms with E-state index < -0.39 is 10.0 Å². The van der Waals surface area contributed by atoms with Gasteiger partial charge in [-0.1, -0.05) is 26.2 Å². The van der Waals surface area contributed by atoms with Gasteiger partial charge in [0.1, 0.15) is 0 Å². The van der Waals surface area contributed by atoms with Crippen molar-refractivity contribution < 1.29 is 8.42 Å². The van der Waals surface area contributed by atoms with Gasteiger partial charge >= 0.3 is 0 Å². The number of sulfonamides is 1. The zero-order valence-electron chi connectivity index (χ0n) is 6.84. The molecule has 0 spiro atoms. The second-order valence-corrected chi connectivity index (χ2v) is 4.37. The first kappa shape index (κ1) is 10.9. The fourth-order valence-corrected chi connectivity index (χ4v) is 1.48. The van der Waals surface area contributed by atoms with Crippen LogP contribution in [-0.4, -0.2) is 14.2 Å². The molecule has 0 aliphatic heterocycles. The number of hydrogen-bond donors (Lipinski definition) is 2. The molecule has 0 heterocycles. The Morgan fingerprint density at radius 3 is 2.36 bits per heavy atom. The van der Waals surface area contributed by atoms with Crippen LogP contribution in [0.25, 0.3) is 0 Å². The van der Waals surface area contributed by atoms with Crippen molar-refractivity contribution >= 4 is 10.0 Å². The summed E-state index contributed by atoms with van der Waals surface area (Å²) in [6.07, 6.45) is 3.84. The van der Waals surface area contributed by atoms with Gasteiger partial charge in [0.2, 0.25) is 10.0 Å². The molecule has 0 radical (unpaired) electrons. The maximum Gasteiger partial charge on any atom is 0.224 e. The summed E-state index contributed by atoms with van der Waals surface area (Å²) in [6, 6.07) is 0. The Hall–Kier alpha value is -0.130. The van der Waals surface area contributed by atoms with Crippen molar-refractivity contribution in [3.8, 4) is 0 Å². The molecule has 4 nitrogen and oxygen atoms in total. The zero-order valence-corrected chi connectivity index (χ0v) is 7.65. The summed E-state index contributed by atoms with van der Waals surface area (Å²) >= 11 is 0. The van der Waals surface area contributed by atoms with Gasteiger partial charge < -0.3 is 0 Å². The SMILES string of the molecule is CCCCCCS(=O)(=O)NN. The molecule has 5 heteroatoms. The van der Waals surface area contributed by atoms with Crippen LogP contribution in [-0.2, 0) is 10.0 Å². The van der Waals surface area contributed by atoms with Gasteiger partial charge in [-0.2, -0.15) is 4.83 Å². The monoisotopic (exact) mass is 180 g/mol. The summed E-state index contributed by atoms with van der Waals surface area (Å²) in [5.74, 6) is 4.93. The number of hydrazine groups is 1. The van der Waals surface area contributed by atoms with Crippen LogP contribution in [0.15, 0.2) is 0 Å². The molecule has 0 aromatic carbocycles. The highest BCUT2D eigenvalue weighted by Gasteiger charge is 2.04. The van der Waals surface area contributed by atoms with Gasteiger partial charge in [-0.25, -0.2) is 8.42 Å². The van der Waals surface area contributed by atoms with Crippen molar-refractivity contribution in [2.45, 2.75) is 32.6 Å². The van der Waals surface area contributed by atoms with Gasteiger partial charge in [0.25, 0.3) is 0 Å². The van der Waals surface area contributed by atoms with Gasteiger partial charge in [0.15, 0.2) is 0 Å². The van der Waals surface area contributed by atoms with Crippen LogP contribution in [0.1, 0.15) is 32.6 Å². The van der Waals surface area contributed by atoms with E-state index in [1.807, 2.05) is 0 Å². The van der Waals surface area contributed by atoms with Gasteiger partial charge in [-0.15, -0.1) is 0 Å². The van der Waals surface area contributed by atoms with Crippen LogP contribution in [0.3, 0.4) is 0 Å². The first-order chi connectivity index (χ1) is 5.12. The molecule has 3 N–H and O–H groups in total. The summed E-state index contributed by atoms with van der Waals surface area (Å²) in [4.78, 5) is 1.79. The molecule has 0 unspecified atom stereocenters. The lowest BCUT2D eigenvalue weighted by molar-refractivity contribution is 0.577. The van der Waals surface area contributed by atoms with Gasteiger partial charge in [-0.05, 0) is 6.42 Å². The van der Waals surface area contributed by atoms with E-state index in [-0.39, 0.29) is 5.75 Å². The summed E-state index contributed by atoms with van der Waals surface area (Å²) < 4.78 is 21.5. The first-order valence-corrected chi connectivity index (χ1v) is 5.47. The van der Waals surface area contributed by atoms with E-state index in [0.29, 0.717) is 6.42 Å². The molecule has 0 atom stereocenters. The third kappa shape index (κ3) is 6.28. The summed E-state index contributed by atoms with van der Waals surface area (Å²) in [5, 5.41) is 0. The smallest absolute Gasteiger partial charge is 0.224 e. The van der Waals surface area contributed by atoms with Crippen LogP contribution in [0, 0.1) is 0 Å². The van der Waals surface area contributed by atoms with Crippen molar-refractivity contribution in [1.82, 2.24) is 4.83 Å². The average molecular weight is 180 g/mol. The Labute approximate surface area is 68.2 Å². The van der Waals surface area contributed by atoms with Crippen LogP contribution in [0.2, 0.25) is 0 Å². The molecule has 68 valence electrons. The van der Waals surface area contributed by atoms with Crippen molar-refractivity contribution in [2.75, 3.05) is 5.75 Å². The highest BCUT2D eigenvalue weighted by Crippen LogP contribution is 2.00.